The lowest BCUT2D eigenvalue weighted by atomic mass is 10.2. The Morgan fingerprint density at radius 1 is 1.45 bits per heavy atom. The normalized spacial score (nSPS) is 10.5. The van der Waals surface area contributed by atoms with Gasteiger partial charge in [-0.05, 0) is 25.1 Å². The SMILES string of the molecule is COc1ccc(-c2nnc(CCCN)o2)cc1[N+](=O)[O-]. The third-order valence-electron chi connectivity index (χ3n) is 2.68. The molecule has 0 fully saturated rings. The van der Waals surface area contributed by atoms with E-state index >= 15 is 0 Å². The first kappa shape index (κ1) is 13.9. The number of benzene rings is 1. The van der Waals surface area contributed by atoms with Crippen molar-refractivity contribution < 1.29 is 14.1 Å². The van der Waals surface area contributed by atoms with Gasteiger partial charge in [-0.15, -0.1) is 10.2 Å². The minimum atomic E-state index is -0.520. The number of hydrogen-bond donors (Lipinski definition) is 1. The van der Waals surface area contributed by atoms with E-state index in [1.165, 1.54) is 19.2 Å². The predicted octanol–water partition coefficient (Wildman–Crippen LogP) is 1.54. The second-order valence-electron chi connectivity index (χ2n) is 4.04. The Morgan fingerprint density at radius 3 is 2.90 bits per heavy atom. The smallest absolute Gasteiger partial charge is 0.311 e. The maximum absolute atomic E-state index is 11.0. The largest absolute Gasteiger partial charge is 0.490 e. The molecule has 2 N–H and O–H groups in total. The second kappa shape index (κ2) is 6.11. The molecule has 2 rings (SSSR count). The lowest BCUT2D eigenvalue weighted by Crippen LogP contribution is -2.00. The average molecular weight is 278 g/mol. The molecule has 20 heavy (non-hydrogen) atoms. The zero-order valence-electron chi connectivity index (χ0n) is 10.9. The molecule has 8 heteroatoms. The minimum absolute atomic E-state index is 0.147. The van der Waals surface area contributed by atoms with E-state index in [9.17, 15) is 10.1 Å². The zero-order valence-corrected chi connectivity index (χ0v) is 10.9. The standard InChI is InChI=1S/C12H14N4O4/c1-19-10-5-4-8(7-9(10)16(17)18)12-15-14-11(20-12)3-2-6-13/h4-5,7H,2-3,6,13H2,1H3. The number of rotatable bonds is 6. The number of nitrogens with two attached hydrogens (primary N) is 1. The molecule has 8 nitrogen and oxygen atoms in total. The van der Waals surface area contributed by atoms with Crippen molar-refractivity contribution >= 4 is 5.69 Å². The van der Waals surface area contributed by atoms with Gasteiger partial charge in [0.05, 0.1) is 12.0 Å². The summed E-state index contributed by atoms with van der Waals surface area (Å²) in [5, 5.41) is 18.7. The molecular formula is C12H14N4O4. The molecule has 1 aromatic carbocycles. The fourth-order valence-corrected chi connectivity index (χ4v) is 1.69. The van der Waals surface area contributed by atoms with Gasteiger partial charge in [0.1, 0.15) is 0 Å². The van der Waals surface area contributed by atoms with Crippen LogP contribution in [0.15, 0.2) is 22.6 Å². The van der Waals surface area contributed by atoms with Crippen LogP contribution < -0.4 is 10.5 Å². The predicted molar refractivity (Wildman–Crippen MR) is 70.3 cm³/mol. The van der Waals surface area contributed by atoms with E-state index in [4.69, 9.17) is 14.9 Å². The number of nitro benzene ring substituents is 1. The zero-order chi connectivity index (χ0) is 14.5. The van der Waals surface area contributed by atoms with Crippen LogP contribution in [0.1, 0.15) is 12.3 Å². The van der Waals surface area contributed by atoms with Crippen molar-refractivity contribution in [2.24, 2.45) is 5.73 Å². The summed E-state index contributed by atoms with van der Waals surface area (Å²) >= 11 is 0. The van der Waals surface area contributed by atoms with Crippen LogP contribution in [0.2, 0.25) is 0 Å². The second-order valence-corrected chi connectivity index (χ2v) is 4.04. The molecule has 0 unspecified atom stereocenters. The van der Waals surface area contributed by atoms with Crippen LogP contribution in [0.25, 0.3) is 11.5 Å². The van der Waals surface area contributed by atoms with E-state index in [1.807, 2.05) is 0 Å². The highest BCUT2D eigenvalue weighted by Gasteiger charge is 2.18. The maximum atomic E-state index is 11.0. The van der Waals surface area contributed by atoms with Gasteiger partial charge >= 0.3 is 5.69 Å². The van der Waals surface area contributed by atoms with Crippen LogP contribution in [-0.4, -0.2) is 28.8 Å². The number of aromatic nitrogens is 2. The van der Waals surface area contributed by atoms with Gasteiger partial charge in [-0.1, -0.05) is 0 Å². The van der Waals surface area contributed by atoms with Gasteiger partial charge in [0.2, 0.25) is 11.8 Å². The third kappa shape index (κ3) is 2.91. The molecule has 0 aliphatic heterocycles. The molecule has 0 bridgehead atoms. The topological polar surface area (TPSA) is 117 Å². The first-order valence-electron chi connectivity index (χ1n) is 6.01. The molecule has 0 saturated heterocycles. The van der Waals surface area contributed by atoms with Crippen molar-refractivity contribution in [2.45, 2.75) is 12.8 Å². The summed E-state index contributed by atoms with van der Waals surface area (Å²) in [4.78, 5) is 10.4. The van der Waals surface area contributed by atoms with E-state index in [1.54, 1.807) is 6.07 Å². The fourth-order valence-electron chi connectivity index (χ4n) is 1.69. The number of nitro groups is 1. The third-order valence-corrected chi connectivity index (χ3v) is 2.68. The lowest BCUT2D eigenvalue weighted by Gasteiger charge is -2.02. The van der Waals surface area contributed by atoms with E-state index < -0.39 is 4.92 Å². The molecule has 106 valence electrons. The van der Waals surface area contributed by atoms with Gasteiger partial charge in [-0.2, -0.15) is 0 Å². The van der Waals surface area contributed by atoms with E-state index in [-0.39, 0.29) is 17.3 Å². The Balaban J connectivity index is 2.30. The van der Waals surface area contributed by atoms with Gasteiger partial charge in [0.15, 0.2) is 5.75 Å². The number of methoxy groups -OCH3 is 1. The van der Waals surface area contributed by atoms with Crippen molar-refractivity contribution in [3.63, 3.8) is 0 Å². The lowest BCUT2D eigenvalue weighted by molar-refractivity contribution is -0.385. The Labute approximate surface area is 114 Å². The number of hydrogen-bond acceptors (Lipinski definition) is 7. The Bertz CT molecular complexity index is 611. The van der Waals surface area contributed by atoms with Gasteiger partial charge in [0, 0.05) is 18.1 Å². The molecule has 0 saturated carbocycles. The fraction of sp³-hybridized carbons (Fsp3) is 0.333. The molecule has 1 heterocycles. The van der Waals surface area contributed by atoms with Gasteiger partial charge in [0.25, 0.3) is 0 Å². The molecule has 0 aliphatic rings. The summed E-state index contributed by atoms with van der Waals surface area (Å²) < 4.78 is 10.4. The van der Waals surface area contributed by atoms with E-state index in [0.29, 0.717) is 24.4 Å². The van der Waals surface area contributed by atoms with Crippen LogP contribution in [0, 0.1) is 10.1 Å². The van der Waals surface area contributed by atoms with Crippen LogP contribution in [0.4, 0.5) is 5.69 Å². The van der Waals surface area contributed by atoms with E-state index in [2.05, 4.69) is 10.2 Å². The number of aryl methyl sites for hydroxylation is 1. The Hall–Kier alpha value is -2.48. The highest BCUT2D eigenvalue weighted by atomic mass is 16.6. The molecule has 0 atom stereocenters. The highest BCUT2D eigenvalue weighted by Crippen LogP contribution is 2.31. The van der Waals surface area contributed by atoms with Crippen molar-refractivity contribution in [3.8, 4) is 17.2 Å². The molecule has 0 spiro atoms. The first-order valence-corrected chi connectivity index (χ1v) is 6.01. The number of ether oxygens (including phenoxy) is 1. The van der Waals surface area contributed by atoms with Crippen molar-refractivity contribution in [2.75, 3.05) is 13.7 Å². The summed E-state index contributed by atoms with van der Waals surface area (Å²) in [7, 11) is 1.37. The van der Waals surface area contributed by atoms with Crippen molar-refractivity contribution in [1.82, 2.24) is 10.2 Å². The van der Waals surface area contributed by atoms with Crippen LogP contribution in [0.5, 0.6) is 5.75 Å². The summed E-state index contributed by atoms with van der Waals surface area (Å²) in [6.45, 7) is 0.533. The minimum Gasteiger partial charge on any atom is -0.490 e. The summed E-state index contributed by atoms with van der Waals surface area (Å²) in [6, 6.07) is 4.47. The molecule has 1 aromatic heterocycles. The Morgan fingerprint density at radius 2 is 2.25 bits per heavy atom. The summed E-state index contributed by atoms with van der Waals surface area (Å²) in [5.74, 6) is 0.883. The maximum Gasteiger partial charge on any atom is 0.311 e. The highest BCUT2D eigenvalue weighted by molar-refractivity contribution is 5.62. The quantitative estimate of drug-likeness (QED) is 0.629. The molecule has 0 radical (unpaired) electrons. The summed E-state index contributed by atoms with van der Waals surface area (Å²) in [6.07, 6.45) is 1.33. The molecule has 0 aliphatic carbocycles. The molecule has 0 amide bonds. The monoisotopic (exact) mass is 278 g/mol. The van der Waals surface area contributed by atoms with Gasteiger partial charge in [-0.3, -0.25) is 10.1 Å². The van der Waals surface area contributed by atoms with Crippen molar-refractivity contribution in [3.05, 3.63) is 34.2 Å². The Kier molecular flexibility index (Phi) is 4.26. The van der Waals surface area contributed by atoms with E-state index in [0.717, 1.165) is 6.42 Å². The average Bonchev–Trinajstić information content (AvgIpc) is 2.93. The molecule has 2 aromatic rings. The first-order chi connectivity index (χ1) is 9.65. The van der Waals surface area contributed by atoms with Gasteiger partial charge in [-0.25, -0.2) is 0 Å². The van der Waals surface area contributed by atoms with Crippen molar-refractivity contribution in [1.29, 1.82) is 0 Å². The van der Waals surface area contributed by atoms with Crippen LogP contribution in [0.3, 0.4) is 0 Å². The summed E-state index contributed by atoms with van der Waals surface area (Å²) in [5.41, 5.74) is 5.73. The van der Waals surface area contributed by atoms with Crippen LogP contribution in [-0.2, 0) is 6.42 Å². The van der Waals surface area contributed by atoms with Gasteiger partial charge < -0.3 is 14.9 Å². The van der Waals surface area contributed by atoms with Crippen LogP contribution >= 0.6 is 0 Å². The number of nitrogens with zero attached hydrogens (tertiary/aromatic N) is 3. The molecular weight excluding hydrogens is 264 g/mol.